The Hall–Kier alpha value is -2.80. The van der Waals surface area contributed by atoms with Gasteiger partial charge in [-0.05, 0) is 42.5 Å². The molecule has 3 rings (SSSR count). The molecule has 0 radical (unpaired) electrons. The summed E-state index contributed by atoms with van der Waals surface area (Å²) in [6, 6.07) is 10.6. The first kappa shape index (κ1) is 13.2. The zero-order valence-electron chi connectivity index (χ0n) is 10.9. The van der Waals surface area contributed by atoms with E-state index in [9.17, 15) is 4.79 Å². The highest BCUT2D eigenvalue weighted by Crippen LogP contribution is 2.21. The summed E-state index contributed by atoms with van der Waals surface area (Å²) in [4.78, 5) is 15.4. The number of nitrogens with one attached hydrogen (secondary N) is 1. The highest BCUT2D eigenvalue weighted by Gasteiger charge is 2.12. The second-order valence-electron chi connectivity index (χ2n) is 4.34. The van der Waals surface area contributed by atoms with Crippen molar-refractivity contribution in [2.45, 2.75) is 0 Å². The number of rotatable bonds is 3. The van der Waals surface area contributed by atoms with E-state index in [-0.39, 0.29) is 0 Å². The average molecular weight is 297 g/mol. The number of aromatic amines is 1. The first-order chi connectivity index (χ1) is 10.2. The summed E-state index contributed by atoms with van der Waals surface area (Å²) in [6.45, 7) is 0. The van der Waals surface area contributed by atoms with Crippen LogP contribution in [0.4, 0.5) is 0 Å². The van der Waals surface area contributed by atoms with Crippen molar-refractivity contribution in [1.29, 1.82) is 0 Å². The number of hydrogen-bond donors (Lipinski definition) is 2. The van der Waals surface area contributed by atoms with Gasteiger partial charge in [-0.3, -0.25) is 19.4 Å². The zero-order chi connectivity index (χ0) is 14.8. The standard InChI is InChI=1S/C14H11N5OS/c15-12(20)9-3-1-5-11(7-9)19-13(17-18-14(19)21)10-4-2-6-16-8-10/h1-8H,(H2,15,20)(H,18,21). The Morgan fingerprint density at radius 2 is 2.14 bits per heavy atom. The van der Waals surface area contributed by atoms with Gasteiger partial charge >= 0.3 is 0 Å². The van der Waals surface area contributed by atoms with Gasteiger partial charge in [0.05, 0.1) is 5.69 Å². The zero-order valence-corrected chi connectivity index (χ0v) is 11.7. The number of pyridine rings is 1. The maximum atomic E-state index is 11.3. The van der Waals surface area contributed by atoms with Gasteiger partial charge in [-0.15, -0.1) is 0 Å². The molecule has 1 aromatic carbocycles. The van der Waals surface area contributed by atoms with Crippen molar-refractivity contribution in [3.05, 3.63) is 59.1 Å². The summed E-state index contributed by atoms with van der Waals surface area (Å²) in [7, 11) is 0. The number of hydrogen-bond acceptors (Lipinski definition) is 4. The maximum absolute atomic E-state index is 11.3. The van der Waals surface area contributed by atoms with Crippen LogP contribution in [0.2, 0.25) is 0 Å². The minimum absolute atomic E-state index is 0.410. The van der Waals surface area contributed by atoms with Gasteiger partial charge < -0.3 is 5.73 Å². The van der Waals surface area contributed by atoms with Gasteiger partial charge in [0.1, 0.15) is 0 Å². The molecule has 0 aliphatic rings. The minimum Gasteiger partial charge on any atom is -0.366 e. The van der Waals surface area contributed by atoms with Gasteiger partial charge in [-0.2, -0.15) is 5.10 Å². The van der Waals surface area contributed by atoms with Crippen molar-refractivity contribution >= 4 is 18.1 Å². The molecule has 0 atom stereocenters. The Bertz CT molecular complexity index is 853. The summed E-state index contributed by atoms with van der Waals surface area (Å²) in [5.41, 5.74) is 7.25. The molecule has 1 amide bonds. The summed E-state index contributed by atoms with van der Waals surface area (Å²) < 4.78 is 2.16. The number of aromatic nitrogens is 4. The van der Waals surface area contributed by atoms with Gasteiger partial charge in [-0.1, -0.05) is 6.07 Å². The molecular formula is C14H11N5OS. The third-order valence-corrected chi connectivity index (χ3v) is 3.25. The molecule has 2 aromatic heterocycles. The number of primary amides is 1. The van der Waals surface area contributed by atoms with Crippen molar-refractivity contribution in [3.63, 3.8) is 0 Å². The number of nitrogens with two attached hydrogens (primary N) is 1. The Labute approximate surface area is 125 Å². The predicted molar refractivity (Wildman–Crippen MR) is 80.5 cm³/mol. The number of benzene rings is 1. The van der Waals surface area contributed by atoms with Crippen LogP contribution in [0.5, 0.6) is 0 Å². The van der Waals surface area contributed by atoms with E-state index in [4.69, 9.17) is 18.0 Å². The molecular weight excluding hydrogens is 286 g/mol. The maximum Gasteiger partial charge on any atom is 0.248 e. The lowest BCUT2D eigenvalue weighted by Gasteiger charge is -2.07. The van der Waals surface area contributed by atoms with Gasteiger partial charge in [0, 0.05) is 23.5 Å². The first-order valence-corrected chi connectivity index (χ1v) is 6.55. The van der Waals surface area contributed by atoms with Crippen LogP contribution in [0.3, 0.4) is 0 Å². The van der Waals surface area contributed by atoms with Crippen LogP contribution in [0.15, 0.2) is 48.8 Å². The Balaban J connectivity index is 2.20. The molecule has 0 aliphatic carbocycles. The Morgan fingerprint density at radius 1 is 1.29 bits per heavy atom. The smallest absolute Gasteiger partial charge is 0.248 e. The van der Waals surface area contributed by atoms with Crippen LogP contribution in [-0.2, 0) is 0 Å². The molecule has 0 saturated carbocycles. The predicted octanol–water partition coefficient (Wildman–Crippen LogP) is 2.09. The molecule has 0 aliphatic heterocycles. The fraction of sp³-hybridized carbons (Fsp3) is 0. The van der Waals surface area contributed by atoms with Crippen LogP contribution < -0.4 is 5.73 Å². The van der Waals surface area contributed by atoms with Crippen molar-refractivity contribution in [2.75, 3.05) is 0 Å². The van der Waals surface area contributed by atoms with Crippen LogP contribution in [-0.4, -0.2) is 25.7 Å². The van der Waals surface area contributed by atoms with E-state index >= 15 is 0 Å². The number of nitrogens with zero attached hydrogens (tertiary/aromatic N) is 3. The third kappa shape index (κ3) is 2.46. The lowest BCUT2D eigenvalue weighted by Crippen LogP contribution is -2.11. The number of amides is 1. The van der Waals surface area contributed by atoms with E-state index in [1.807, 2.05) is 18.2 Å². The Kier molecular flexibility index (Phi) is 3.33. The summed E-state index contributed by atoms with van der Waals surface area (Å²) in [5, 5.41) is 6.98. The molecule has 0 bridgehead atoms. The quantitative estimate of drug-likeness (QED) is 0.724. The van der Waals surface area contributed by atoms with Gasteiger partial charge in [0.25, 0.3) is 0 Å². The fourth-order valence-corrected chi connectivity index (χ4v) is 2.26. The van der Waals surface area contributed by atoms with Gasteiger partial charge in [0.2, 0.25) is 5.91 Å². The monoisotopic (exact) mass is 297 g/mol. The number of carbonyl (C=O) groups excluding carboxylic acids is 1. The Morgan fingerprint density at radius 3 is 2.86 bits per heavy atom. The molecule has 6 nitrogen and oxygen atoms in total. The van der Waals surface area contributed by atoms with Crippen molar-refractivity contribution in [1.82, 2.24) is 19.7 Å². The van der Waals surface area contributed by atoms with E-state index in [1.165, 1.54) is 0 Å². The van der Waals surface area contributed by atoms with Crippen LogP contribution in [0, 0.1) is 4.77 Å². The van der Waals surface area contributed by atoms with Gasteiger partial charge in [0.15, 0.2) is 10.6 Å². The second-order valence-corrected chi connectivity index (χ2v) is 4.73. The van der Waals surface area contributed by atoms with Crippen molar-refractivity contribution in [2.24, 2.45) is 5.73 Å². The number of H-pyrrole nitrogens is 1. The largest absolute Gasteiger partial charge is 0.366 e. The summed E-state index contributed by atoms with van der Waals surface area (Å²) >= 11 is 5.27. The van der Waals surface area contributed by atoms with E-state index in [2.05, 4.69) is 15.2 Å². The first-order valence-electron chi connectivity index (χ1n) is 6.15. The van der Waals surface area contributed by atoms with E-state index in [0.717, 1.165) is 5.56 Å². The molecule has 104 valence electrons. The molecule has 21 heavy (non-hydrogen) atoms. The van der Waals surface area contributed by atoms with Crippen molar-refractivity contribution < 1.29 is 4.79 Å². The summed E-state index contributed by atoms with van der Waals surface area (Å²) in [5.74, 6) is 0.129. The average Bonchev–Trinajstić information content (AvgIpc) is 2.90. The molecule has 0 saturated heterocycles. The number of carbonyl (C=O) groups is 1. The minimum atomic E-state index is -0.491. The summed E-state index contributed by atoms with van der Waals surface area (Å²) in [6.07, 6.45) is 3.38. The van der Waals surface area contributed by atoms with Crippen molar-refractivity contribution in [3.8, 4) is 17.1 Å². The van der Waals surface area contributed by atoms with Crippen LogP contribution in [0.25, 0.3) is 17.1 Å². The highest BCUT2D eigenvalue weighted by molar-refractivity contribution is 7.71. The molecule has 3 N–H and O–H groups in total. The van der Waals surface area contributed by atoms with Gasteiger partial charge in [-0.25, -0.2) is 0 Å². The van der Waals surface area contributed by atoms with E-state index < -0.39 is 5.91 Å². The van der Waals surface area contributed by atoms with Crippen LogP contribution in [0.1, 0.15) is 10.4 Å². The lowest BCUT2D eigenvalue weighted by atomic mass is 10.2. The third-order valence-electron chi connectivity index (χ3n) is 2.98. The van der Waals surface area contributed by atoms with Crippen LogP contribution >= 0.6 is 12.2 Å². The fourth-order valence-electron chi connectivity index (χ4n) is 2.02. The highest BCUT2D eigenvalue weighted by atomic mass is 32.1. The molecule has 0 spiro atoms. The van der Waals surface area contributed by atoms with E-state index in [0.29, 0.717) is 21.8 Å². The topological polar surface area (TPSA) is 89.6 Å². The molecule has 7 heteroatoms. The SMILES string of the molecule is NC(=O)c1cccc(-n2c(-c3cccnc3)n[nH]c2=S)c1. The molecule has 0 fully saturated rings. The van der Waals surface area contributed by atoms with E-state index in [1.54, 1.807) is 35.2 Å². The normalized spacial score (nSPS) is 10.5. The molecule has 3 aromatic rings. The molecule has 0 unspecified atom stereocenters. The second kappa shape index (κ2) is 5.29. The molecule has 2 heterocycles. The lowest BCUT2D eigenvalue weighted by molar-refractivity contribution is 0.100.